The highest BCUT2D eigenvalue weighted by Crippen LogP contribution is 2.34. The second kappa shape index (κ2) is 8.60. The number of thiophene rings is 1. The van der Waals surface area contributed by atoms with Gasteiger partial charge in [-0.2, -0.15) is 0 Å². The van der Waals surface area contributed by atoms with Crippen LogP contribution >= 0.6 is 22.7 Å². The third-order valence-corrected chi connectivity index (χ3v) is 7.95. The number of carbonyl (C=O) groups is 1. The summed E-state index contributed by atoms with van der Waals surface area (Å²) in [4.78, 5) is 40.3. The molecular formula is C24H24N4O2S2. The Labute approximate surface area is 194 Å². The lowest BCUT2D eigenvalue weighted by molar-refractivity contribution is -0.120. The highest BCUT2D eigenvalue weighted by atomic mass is 32.1. The lowest BCUT2D eigenvalue weighted by atomic mass is 10.0. The molecular weight excluding hydrogens is 440 g/mol. The van der Waals surface area contributed by atoms with E-state index >= 15 is 0 Å². The van der Waals surface area contributed by atoms with E-state index in [1.165, 1.54) is 21.8 Å². The van der Waals surface area contributed by atoms with Crippen molar-refractivity contribution in [3.8, 4) is 10.7 Å². The van der Waals surface area contributed by atoms with Gasteiger partial charge in [-0.3, -0.25) is 14.2 Å². The first-order valence-electron chi connectivity index (χ1n) is 10.8. The van der Waals surface area contributed by atoms with Crippen molar-refractivity contribution in [3.63, 3.8) is 0 Å². The van der Waals surface area contributed by atoms with E-state index in [-0.39, 0.29) is 17.4 Å². The minimum Gasteiger partial charge on any atom is -0.338 e. The number of fused-ring (bicyclic) bond motifs is 1. The first kappa shape index (κ1) is 21.0. The number of rotatable bonds is 6. The van der Waals surface area contributed by atoms with Crippen LogP contribution in [0.5, 0.6) is 0 Å². The Morgan fingerprint density at radius 2 is 1.94 bits per heavy atom. The smallest absolute Gasteiger partial charge is 0.281 e. The number of ketones is 1. The van der Waals surface area contributed by atoms with Gasteiger partial charge in [-0.1, -0.05) is 41.7 Å². The van der Waals surface area contributed by atoms with E-state index in [4.69, 9.17) is 4.98 Å². The molecule has 0 N–H and O–H groups in total. The SMILES string of the molecule is Cc1ccc(-c2nc3sc(N4CCC[C@@H]4C(=O)CCc4ccccc4)nc3c(=O)n2C)s1. The van der Waals surface area contributed by atoms with Crippen LogP contribution in [-0.2, 0) is 18.3 Å². The van der Waals surface area contributed by atoms with Crippen LogP contribution in [0.1, 0.15) is 29.7 Å². The third-order valence-electron chi connectivity index (χ3n) is 5.96. The molecule has 5 rings (SSSR count). The fraction of sp³-hybridized carbons (Fsp3) is 0.333. The van der Waals surface area contributed by atoms with Crippen molar-refractivity contribution < 1.29 is 4.79 Å². The maximum absolute atomic E-state index is 13.0. The van der Waals surface area contributed by atoms with Crippen molar-refractivity contribution in [1.29, 1.82) is 0 Å². The number of nitrogens with zero attached hydrogens (tertiary/aromatic N) is 4. The highest BCUT2D eigenvalue weighted by molar-refractivity contribution is 7.21. The first-order chi connectivity index (χ1) is 15.5. The molecule has 3 aromatic heterocycles. The fourth-order valence-corrected chi connectivity index (χ4v) is 6.15. The van der Waals surface area contributed by atoms with Gasteiger partial charge in [-0.15, -0.1) is 11.3 Å². The molecule has 4 heterocycles. The summed E-state index contributed by atoms with van der Waals surface area (Å²) in [6.45, 7) is 2.82. The molecule has 4 aromatic rings. The van der Waals surface area contributed by atoms with E-state index in [1.54, 1.807) is 23.0 Å². The zero-order chi connectivity index (χ0) is 22.2. The molecule has 1 aliphatic rings. The summed E-state index contributed by atoms with van der Waals surface area (Å²) in [5, 5.41) is 0.722. The largest absolute Gasteiger partial charge is 0.338 e. The summed E-state index contributed by atoms with van der Waals surface area (Å²) in [5.41, 5.74) is 1.41. The Bertz CT molecular complexity index is 1340. The molecule has 0 unspecified atom stereocenters. The van der Waals surface area contributed by atoms with E-state index in [2.05, 4.69) is 22.0 Å². The molecule has 0 bridgehead atoms. The van der Waals surface area contributed by atoms with Gasteiger partial charge in [0.2, 0.25) is 0 Å². The summed E-state index contributed by atoms with van der Waals surface area (Å²) in [6, 6.07) is 14.0. The van der Waals surface area contributed by atoms with Crippen LogP contribution in [0.3, 0.4) is 0 Å². The first-order valence-corrected chi connectivity index (χ1v) is 12.4. The van der Waals surface area contributed by atoms with Crippen molar-refractivity contribution in [1.82, 2.24) is 14.5 Å². The molecule has 0 amide bonds. The second-order valence-electron chi connectivity index (χ2n) is 8.16. The number of aromatic nitrogens is 3. The van der Waals surface area contributed by atoms with Crippen molar-refractivity contribution >= 4 is 43.9 Å². The summed E-state index contributed by atoms with van der Waals surface area (Å²) in [5.74, 6) is 0.897. The Balaban J connectivity index is 1.42. The van der Waals surface area contributed by atoms with Crippen LogP contribution < -0.4 is 10.5 Å². The van der Waals surface area contributed by atoms with Gasteiger partial charge in [0.15, 0.2) is 27.1 Å². The monoisotopic (exact) mass is 464 g/mol. The van der Waals surface area contributed by atoms with E-state index in [1.807, 2.05) is 37.3 Å². The van der Waals surface area contributed by atoms with Crippen LogP contribution in [0, 0.1) is 6.92 Å². The van der Waals surface area contributed by atoms with Crippen LogP contribution in [0.2, 0.25) is 0 Å². The van der Waals surface area contributed by atoms with Gasteiger partial charge in [0.05, 0.1) is 10.9 Å². The Morgan fingerprint density at radius 3 is 2.69 bits per heavy atom. The van der Waals surface area contributed by atoms with Gasteiger partial charge in [0.25, 0.3) is 5.56 Å². The lowest BCUT2D eigenvalue weighted by Crippen LogP contribution is -2.36. The molecule has 1 aromatic carbocycles. The molecule has 32 heavy (non-hydrogen) atoms. The minimum atomic E-state index is -0.178. The van der Waals surface area contributed by atoms with Crippen LogP contribution in [-0.4, -0.2) is 32.9 Å². The zero-order valence-electron chi connectivity index (χ0n) is 18.1. The highest BCUT2D eigenvalue weighted by Gasteiger charge is 2.32. The summed E-state index contributed by atoms with van der Waals surface area (Å²) in [7, 11) is 1.74. The number of thiazole rings is 1. The van der Waals surface area contributed by atoms with Crippen molar-refractivity contribution in [2.75, 3.05) is 11.4 Å². The van der Waals surface area contributed by atoms with Crippen LogP contribution in [0.4, 0.5) is 5.13 Å². The molecule has 1 saturated heterocycles. The maximum Gasteiger partial charge on any atom is 0.281 e. The average Bonchev–Trinajstić information content (AvgIpc) is 3.54. The zero-order valence-corrected chi connectivity index (χ0v) is 19.7. The van der Waals surface area contributed by atoms with Gasteiger partial charge in [-0.05, 0) is 43.9 Å². The van der Waals surface area contributed by atoms with E-state index in [9.17, 15) is 9.59 Å². The van der Waals surface area contributed by atoms with Crippen molar-refractivity contribution in [3.05, 3.63) is 63.3 Å². The summed E-state index contributed by atoms with van der Waals surface area (Å²) < 4.78 is 1.57. The van der Waals surface area contributed by atoms with Crippen molar-refractivity contribution in [2.45, 2.75) is 38.6 Å². The molecule has 0 spiro atoms. The van der Waals surface area contributed by atoms with Gasteiger partial charge in [-0.25, -0.2) is 9.97 Å². The molecule has 1 atom stereocenters. The Hall–Kier alpha value is -2.84. The maximum atomic E-state index is 13.0. The molecule has 0 aliphatic carbocycles. The normalized spacial score (nSPS) is 16.2. The molecule has 0 saturated carbocycles. The average molecular weight is 465 g/mol. The molecule has 164 valence electrons. The van der Waals surface area contributed by atoms with Gasteiger partial charge >= 0.3 is 0 Å². The lowest BCUT2D eigenvalue weighted by Gasteiger charge is -2.22. The fourth-order valence-electron chi connectivity index (χ4n) is 4.25. The molecule has 8 heteroatoms. The summed E-state index contributed by atoms with van der Waals surface area (Å²) in [6.07, 6.45) is 3.03. The summed E-state index contributed by atoms with van der Waals surface area (Å²) >= 11 is 3.03. The third kappa shape index (κ3) is 3.89. The number of hydrogen-bond acceptors (Lipinski definition) is 7. The van der Waals surface area contributed by atoms with Crippen molar-refractivity contribution in [2.24, 2.45) is 7.05 Å². The van der Waals surface area contributed by atoms with Gasteiger partial charge in [0, 0.05) is 24.9 Å². The number of hydrogen-bond donors (Lipinski definition) is 0. The second-order valence-corrected chi connectivity index (χ2v) is 10.4. The molecule has 0 radical (unpaired) electrons. The Morgan fingerprint density at radius 1 is 1.12 bits per heavy atom. The Kier molecular flexibility index (Phi) is 5.65. The molecule has 1 aliphatic heterocycles. The predicted molar refractivity (Wildman–Crippen MR) is 131 cm³/mol. The minimum absolute atomic E-state index is 0.148. The number of carbonyl (C=O) groups excluding carboxylic acids is 1. The van der Waals surface area contributed by atoms with Crippen LogP contribution in [0.15, 0.2) is 47.3 Å². The predicted octanol–water partition coefficient (Wildman–Crippen LogP) is 4.60. The van der Waals surface area contributed by atoms with E-state index < -0.39 is 0 Å². The van der Waals surface area contributed by atoms with E-state index in [0.717, 1.165) is 35.8 Å². The van der Waals surface area contributed by atoms with Crippen LogP contribution in [0.25, 0.3) is 21.0 Å². The number of benzene rings is 1. The molecule has 6 nitrogen and oxygen atoms in total. The number of aryl methyl sites for hydroxylation is 2. The van der Waals surface area contributed by atoms with Gasteiger partial charge < -0.3 is 4.90 Å². The standard InChI is InChI=1S/C24H24N4O2S2/c1-15-10-13-19(31-15)21-26-22-20(23(30)27(21)2)25-24(32-22)28-14-6-9-17(28)18(29)12-11-16-7-4-3-5-8-16/h3-5,7-8,10,13,17H,6,9,11-12,14H2,1-2H3/t17-/m1/s1. The van der Waals surface area contributed by atoms with E-state index in [0.29, 0.717) is 22.6 Å². The number of anilines is 1. The topological polar surface area (TPSA) is 68.1 Å². The van der Waals surface area contributed by atoms with Gasteiger partial charge in [0.1, 0.15) is 0 Å². The number of Topliss-reactive ketones (excluding diaryl/α,β-unsaturated/α-hetero) is 1. The quantitative estimate of drug-likeness (QED) is 0.417. The molecule has 1 fully saturated rings.